The molecule has 2 saturated heterocycles. The van der Waals surface area contributed by atoms with Crippen LogP contribution in [0.1, 0.15) is 43.0 Å². The van der Waals surface area contributed by atoms with Crippen molar-refractivity contribution in [3.8, 4) is 0 Å². The number of rotatable bonds is 5. The Kier molecular flexibility index (Phi) is 5.12. The highest BCUT2D eigenvalue weighted by Gasteiger charge is 2.42. The second-order valence-electron chi connectivity index (χ2n) is 8.66. The number of likely N-dealkylation sites (tertiary alicyclic amines) is 1. The molecule has 6 nitrogen and oxygen atoms in total. The number of hydrogen-bond acceptors (Lipinski definition) is 6. The first-order valence-electron chi connectivity index (χ1n) is 10.6. The molecular weight excluding hydrogens is 406 g/mol. The zero-order valence-corrected chi connectivity index (χ0v) is 18.1. The summed E-state index contributed by atoms with van der Waals surface area (Å²) in [5.41, 5.74) is 1.08. The number of amides is 1. The van der Waals surface area contributed by atoms with E-state index in [-0.39, 0.29) is 29.5 Å². The minimum Gasteiger partial charge on any atom is -0.335 e. The Labute approximate surface area is 175 Å². The Hall–Kier alpha value is -1.51. The third-order valence-corrected chi connectivity index (χ3v) is 9.39. The van der Waals surface area contributed by atoms with Gasteiger partial charge in [0.1, 0.15) is 0 Å². The zero-order valence-electron chi connectivity index (χ0n) is 16.5. The second-order valence-corrected chi connectivity index (χ2v) is 12.0. The lowest BCUT2D eigenvalue weighted by Gasteiger charge is -2.34. The summed E-state index contributed by atoms with van der Waals surface area (Å²) in [5.74, 6) is 0.961. The van der Waals surface area contributed by atoms with Crippen molar-refractivity contribution in [3.63, 3.8) is 0 Å². The molecule has 2 aliphatic heterocycles. The molecule has 0 spiro atoms. The number of nitrogens with zero attached hydrogens (tertiary/aromatic N) is 3. The van der Waals surface area contributed by atoms with Crippen LogP contribution in [0.4, 0.5) is 0 Å². The van der Waals surface area contributed by atoms with Crippen LogP contribution in [0.3, 0.4) is 0 Å². The van der Waals surface area contributed by atoms with Crippen molar-refractivity contribution in [2.75, 3.05) is 31.1 Å². The summed E-state index contributed by atoms with van der Waals surface area (Å²) in [5, 5.41) is 1.22. The van der Waals surface area contributed by atoms with Gasteiger partial charge >= 0.3 is 0 Å². The number of carbonyl (C=O) groups is 1. The van der Waals surface area contributed by atoms with Crippen molar-refractivity contribution >= 4 is 37.3 Å². The zero-order chi connectivity index (χ0) is 20.0. The number of thiazole rings is 1. The molecule has 0 N–H and O–H groups in total. The monoisotopic (exact) mass is 433 g/mol. The molecule has 1 aromatic carbocycles. The molecule has 0 radical (unpaired) electrons. The van der Waals surface area contributed by atoms with Gasteiger partial charge in [-0.15, -0.1) is 11.3 Å². The Bertz CT molecular complexity index is 974. The number of fused-ring (bicyclic) bond motifs is 1. The molecule has 156 valence electrons. The smallest absolute Gasteiger partial charge is 0.237 e. The van der Waals surface area contributed by atoms with Crippen LogP contribution in [0.2, 0.25) is 0 Å². The number of para-hydroxylation sites is 1. The maximum absolute atomic E-state index is 13.0. The maximum atomic E-state index is 13.0. The number of sulfone groups is 1. The molecule has 1 aliphatic carbocycles. The van der Waals surface area contributed by atoms with E-state index in [1.54, 1.807) is 11.3 Å². The average Bonchev–Trinajstić information content (AvgIpc) is 3.32. The summed E-state index contributed by atoms with van der Waals surface area (Å²) in [6, 6.07) is 8.43. The number of piperidine rings is 1. The molecule has 1 amide bonds. The fourth-order valence-electron chi connectivity index (χ4n) is 4.73. The lowest BCUT2D eigenvalue weighted by molar-refractivity contribution is -0.135. The van der Waals surface area contributed by atoms with E-state index in [1.165, 1.54) is 9.71 Å². The van der Waals surface area contributed by atoms with Crippen LogP contribution in [-0.4, -0.2) is 72.3 Å². The average molecular weight is 434 g/mol. The molecule has 3 heterocycles. The fraction of sp³-hybridized carbons (Fsp3) is 0.619. The molecule has 5 rings (SSSR count). The molecule has 0 bridgehead atoms. The van der Waals surface area contributed by atoms with Crippen molar-refractivity contribution in [2.45, 2.75) is 50.1 Å². The van der Waals surface area contributed by atoms with Crippen molar-refractivity contribution in [1.29, 1.82) is 0 Å². The second kappa shape index (κ2) is 7.63. The lowest BCUT2D eigenvalue weighted by Crippen LogP contribution is -2.48. The molecule has 8 heteroatoms. The molecule has 1 atom stereocenters. The molecule has 1 saturated carbocycles. The Morgan fingerprint density at radius 1 is 1.10 bits per heavy atom. The van der Waals surface area contributed by atoms with Crippen LogP contribution in [0, 0.1) is 0 Å². The summed E-state index contributed by atoms with van der Waals surface area (Å²) in [4.78, 5) is 22.0. The van der Waals surface area contributed by atoms with E-state index in [9.17, 15) is 13.2 Å². The van der Waals surface area contributed by atoms with E-state index in [2.05, 4.69) is 23.1 Å². The van der Waals surface area contributed by atoms with Gasteiger partial charge in [0.2, 0.25) is 5.91 Å². The third-order valence-electron chi connectivity index (χ3n) is 6.44. The van der Waals surface area contributed by atoms with E-state index in [0.29, 0.717) is 18.9 Å². The van der Waals surface area contributed by atoms with Gasteiger partial charge in [0.05, 0.1) is 33.3 Å². The van der Waals surface area contributed by atoms with E-state index in [0.717, 1.165) is 44.3 Å². The van der Waals surface area contributed by atoms with Gasteiger partial charge in [0, 0.05) is 18.0 Å². The van der Waals surface area contributed by atoms with Gasteiger partial charge < -0.3 is 4.90 Å². The quantitative estimate of drug-likeness (QED) is 0.725. The molecule has 1 aromatic heterocycles. The van der Waals surface area contributed by atoms with Crippen LogP contribution in [-0.2, 0) is 14.6 Å². The van der Waals surface area contributed by atoms with Gasteiger partial charge in [-0.3, -0.25) is 9.69 Å². The highest BCUT2D eigenvalue weighted by atomic mass is 32.2. The SMILES string of the molecule is O=C(CN1CCC(c2nc3ccccc3s2)CC1)N(C1CC1)[C@@H]1CCS(=O)(=O)C1. The number of benzene rings is 1. The van der Waals surface area contributed by atoms with Gasteiger partial charge in [0.15, 0.2) is 9.84 Å². The van der Waals surface area contributed by atoms with Gasteiger partial charge in [-0.1, -0.05) is 12.1 Å². The fourth-order valence-corrected chi connectivity index (χ4v) is 7.58. The van der Waals surface area contributed by atoms with Crippen molar-refractivity contribution in [2.24, 2.45) is 0 Å². The predicted octanol–water partition coefficient (Wildman–Crippen LogP) is 2.65. The first kappa shape index (κ1) is 19.5. The van der Waals surface area contributed by atoms with Crippen LogP contribution >= 0.6 is 11.3 Å². The van der Waals surface area contributed by atoms with E-state index < -0.39 is 9.84 Å². The van der Waals surface area contributed by atoms with Crippen LogP contribution in [0.5, 0.6) is 0 Å². The summed E-state index contributed by atoms with van der Waals surface area (Å²) in [6.07, 6.45) is 4.68. The van der Waals surface area contributed by atoms with Crippen LogP contribution in [0.15, 0.2) is 24.3 Å². The van der Waals surface area contributed by atoms with Gasteiger partial charge in [-0.2, -0.15) is 0 Å². The van der Waals surface area contributed by atoms with Crippen molar-refractivity contribution < 1.29 is 13.2 Å². The largest absolute Gasteiger partial charge is 0.335 e. The Balaban J connectivity index is 1.19. The number of aromatic nitrogens is 1. The summed E-state index contributed by atoms with van der Waals surface area (Å²) in [6.45, 7) is 2.21. The van der Waals surface area contributed by atoms with E-state index >= 15 is 0 Å². The topological polar surface area (TPSA) is 70.6 Å². The predicted molar refractivity (Wildman–Crippen MR) is 115 cm³/mol. The van der Waals surface area contributed by atoms with Crippen LogP contribution < -0.4 is 0 Å². The maximum Gasteiger partial charge on any atom is 0.237 e. The lowest BCUT2D eigenvalue weighted by atomic mass is 9.97. The van der Waals surface area contributed by atoms with E-state index in [1.807, 2.05) is 11.0 Å². The minimum atomic E-state index is -2.98. The Morgan fingerprint density at radius 2 is 1.86 bits per heavy atom. The van der Waals surface area contributed by atoms with Gasteiger partial charge in [-0.05, 0) is 57.3 Å². The Morgan fingerprint density at radius 3 is 2.52 bits per heavy atom. The molecule has 0 unspecified atom stereocenters. The van der Waals surface area contributed by atoms with Crippen LogP contribution in [0.25, 0.3) is 10.2 Å². The molecule has 29 heavy (non-hydrogen) atoms. The summed E-state index contributed by atoms with van der Waals surface area (Å²) >= 11 is 1.79. The molecule has 3 fully saturated rings. The summed E-state index contributed by atoms with van der Waals surface area (Å²) in [7, 11) is -2.98. The highest BCUT2D eigenvalue weighted by Crippen LogP contribution is 2.35. The normalized spacial score (nSPS) is 25.4. The van der Waals surface area contributed by atoms with Crippen molar-refractivity contribution in [1.82, 2.24) is 14.8 Å². The minimum absolute atomic E-state index is 0.111. The van der Waals surface area contributed by atoms with Gasteiger partial charge in [0.25, 0.3) is 0 Å². The molecular formula is C21H27N3O3S2. The highest BCUT2D eigenvalue weighted by molar-refractivity contribution is 7.91. The third kappa shape index (κ3) is 4.20. The number of carbonyl (C=O) groups excluding carboxylic acids is 1. The molecule has 3 aliphatic rings. The molecule has 2 aromatic rings. The van der Waals surface area contributed by atoms with Crippen molar-refractivity contribution in [3.05, 3.63) is 29.3 Å². The van der Waals surface area contributed by atoms with E-state index in [4.69, 9.17) is 4.98 Å². The number of hydrogen-bond donors (Lipinski definition) is 0. The standard InChI is InChI=1S/C21H27N3O3S2/c25-20(24(16-5-6-16)17-9-12-29(26,27)14-17)13-23-10-7-15(8-11-23)21-22-18-3-1-2-4-19(18)28-21/h1-4,15-17H,5-14H2/t17-/m1/s1. The van der Waals surface area contributed by atoms with Gasteiger partial charge in [-0.25, -0.2) is 13.4 Å². The first-order valence-corrected chi connectivity index (χ1v) is 13.2. The summed E-state index contributed by atoms with van der Waals surface area (Å²) < 4.78 is 25.0. The first-order chi connectivity index (χ1) is 14.0.